The zero-order chi connectivity index (χ0) is 19.2. The van der Waals surface area contributed by atoms with Gasteiger partial charge in [-0.05, 0) is 43.7 Å². The van der Waals surface area contributed by atoms with Crippen molar-refractivity contribution >= 4 is 17.8 Å². The van der Waals surface area contributed by atoms with Gasteiger partial charge in [-0.2, -0.15) is 0 Å². The highest BCUT2D eigenvalue weighted by Crippen LogP contribution is 2.16. The Kier molecular flexibility index (Phi) is 5.96. The Bertz CT molecular complexity index is 812. The Morgan fingerprint density at radius 3 is 2.63 bits per heavy atom. The summed E-state index contributed by atoms with van der Waals surface area (Å²) >= 11 is 0. The Hall–Kier alpha value is -3.02. The second-order valence-electron chi connectivity index (χ2n) is 6.79. The fraction of sp³-hybridized carbons (Fsp3) is 0.333. The maximum Gasteiger partial charge on any atom is 0.316 e. The molecule has 0 spiro atoms. The van der Waals surface area contributed by atoms with Crippen molar-refractivity contribution in [3.05, 3.63) is 60.3 Å². The van der Waals surface area contributed by atoms with Gasteiger partial charge in [0.25, 0.3) is 0 Å². The number of aromatic nitrogens is 1. The van der Waals surface area contributed by atoms with Crippen molar-refractivity contribution < 1.29 is 19.5 Å². The van der Waals surface area contributed by atoms with Crippen LogP contribution in [0, 0.1) is 0 Å². The molecule has 1 N–H and O–H groups in total. The summed E-state index contributed by atoms with van der Waals surface area (Å²) in [4.78, 5) is 16.4. The Labute approximate surface area is 159 Å². The molecule has 27 heavy (non-hydrogen) atoms. The lowest BCUT2D eigenvalue weighted by molar-refractivity contribution is -0.894. The van der Waals surface area contributed by atoms with Crippen LogP contribution < -0.4 is 14.4 Å². The standard InChI is InChI=1S/C21H26N3O3/c1-17(2)27-19-7-5-6-18(16-19)9-10-21(25)23-14-12-22(13-15-23)20-8-3-4-11-24(20)26/h3-11,16-17,26H,12-15H2,1-2H3/q+1/b10-9+. The molecule has 0 bridgehead atoms. The van der Waals surface area contributed by atoms with Crippen molar-refractivity contribution in [3.8, 4) is 5.75 Å². The summed E-state index contributed by atoms with van der Waals surface area (Å²) in [6.45, 7) is 6.58. The van der Waals surface area contributed by atoms with Gasteiger partial charge in [0, 0.05) is 12.1 Å². The van der Waals surface area contributed by atoms with Gasteiger partial charge in [-0.15, -0.1) is 0 Å². The molecular formula is C21H26N3O3+. The van der Waals surface area contributed by atoms with E-state index in [1.807, 2.05) is 61.2 Å². The lowest BCUT2D eigenvalue weighted by atomic mass is 10.2. The van der Waals surface area contributed by atoms with Crippen LogP contribution in [0.2, 0.25) is 0 Å². The lowest BCUT2D eigenvalue weighted by Crippen LogP contribution is -2.51. The van der Waals surface area contributed by atoms with E-state index in [1.54, 1.807) is 18.3 Å². The van der Waals surface area contributed by atoms with Gasteiger partial charge in [-0.1, -0.05) is 22.9 Å². The fourth-order valence-corrected chi connectivity index (χ4v) is 3.07. The van der Waals surface area contributed by atoms with Crippen LogP contribution in [0.5, 0.6) is 5.75 Å². The normalized spacial score (nSPS) is 14.8. The van der Waals surface area contributed by atoms with E-state index in [0.29, 0.717) is 26.2 Å². The predicted molar refractivity (Wildman–Crippen MR) is 104 cm³/mol. The average molecular weight is 368 g/mol. The first kappa shape index (κ1) is 18.8. The molecule has 0 radical (unpaired) electrons. The average Bonchev–Trinajstić information content (AvgIpc) is 2.66. The number of carbonyl (C=O) groups is 1. The van der Waals surface area contributed by atoms with Gasteiger partial charge >= 0.3 is 5.82 Å². The van der Waals surface area contributed by atoms with Crippen LogP contribution in [0.3, 0.4) is 0 Å². The summed E-state index contributed by atoms with van der Waals surface area (Å²) in [5.41, 5.74) is 0.936. The summed E-state index contributed by atoms with van der Waals surface area (Å²) in [6.07, 6.45) is 5.15. The summed E-state index contributed by atoms with van der Waals surface area (Å²) in [5.74, 6) is 1.53. The van der Waals surface area contributed by atoms with Crippen LogP contribution >= 0.6 is 0 Å². The van der Waals surface area contributed by atoms with Gasteiger partial charge < -0.3 is 14.8 Å². The molecule has 0 atom stereocenters. The highest BCUT2D eigenvalue weighted by atomic mass is 16.5. The number of pyridine rings is 1. The molecule has 0 aliphatic carbocycles. The van der Waals surface area contributed by atoms with Gasteiger partial charge in [0.05, 0.1) is 19.2 Å². The van der Waals surface area contributed by atoms with E-state index in [1.165, 1.54) is 0 Å². The number of amides is 1. The summed E-state index contributed by atoms with van der Waals surface area (Å²) < 4.78 is 6.80. The lowest BCUT2D eigenvalue weighted by Gasteiger charge is -2.30. The summed E-state index contributed by atoms with van der Waals surface area (Å²) in [5, 5.41) is 9.90. The van der Waals surface area contributed by atoms with Crippen molar-refractivity contribution in [2.75, 3.05) is 31.1 Å². The molecule has 0 unspecified atom stereocenters. The molecule has 3 rings (SSSR count). The number of benzene rings is 1. The molecule has 2 heterocycles. The maximum atomic E-state index is 12.5. The molecule has 6 nitrogen and oxygen atoms in total. The number of nitrogens with zero attached hydrogens (tertiary/aromatic N) is 3. The van der Waals surface area contributed by atoms with Crippen LogP contribution in [0.25, 0.3) is 6.08 Å². The van der Waals surface area contributed by atoms with Crippen LogP contribution in [0.15, 0.2) is 54.7 Å². The number of carbonyl (C=O) groups excluding carboxylic acids is 1. The zero-order valence-corrected chi connectivity index (χ0v) is 15.8. The number of ether oxygens (including phenoxy) is 1. The van der Waals surface area contributed by atoms with Crippen LogP contribution in [0.1, 0.15) is 19.4 Å². The molecule has 1 amide bonds. The van der Waals surface area contributed by atoms with E-state index in [0.717, 1.165) is 21.9 Å². The highest BCUT2D eigenvalue weighted by Gasteiger charge is 2.26. The number of hydrogen-bond acceptors (Lipinski definition) is 4. The van der Waals surface area contributed by atoms with Gasteiger partial charge in [-0.25, -0.2) is 0 Å². The third-order valence-electron chi connectivity index (χ3n) is 4.38. The Morgan fingerprint density at radius 1 is 1.15 bits per heavy atom. The summed E-state index contributed by atoms with van der Waals surface area (Å²) in [7, 11) is 0. The number of piperazine rings is 1. The Balaban J connectivity index is 1.57. The summed E-state index contributed by atoms with van der Waals surface area (Å²) in [6, 6.07) is 13.2. The molecule has 0 saturated carbocycles. The van der Waals surface area contributed by atoms with Gasteiger partial charge in [0.2, 0.25) is 5.91 Å². The van der Waals surface area contributed by atoms with E-state index in [4.69, 9.17) is 4.74 Å². The number of anilines is 1. The minimum Gasteiger partial charge on any atom is -0.491 e. The third kappa shape index (κ3) is 5.00. The molecule has 1 fully saturated rings. The van der Waals surface area contributed by atoms with Crippen molar-refractivity contribution in [1.29, 1.82) is 0 Å². The highest BCUT2D eigenvalue weighted by molar-refractivity contribution is 5.92. The number of hydrogen-bond donors (Lipinski definition) is 1. The monoisotopic (exact) mass is 368 g/mol. The van der Waals surface area contributed by atoms with E-state index >= 15 is 0 Å². The first-order valence-corrected chi connectivity index (χ1v) is 9.21. The van der Waals surface area contributed by atoms with Crippen molar-refractivity contribution in [2.45, 2.75) is 20.0 Å². The van der Waals surface area contributed by atoms with Gasteiger partial charge in [-0.3, -0.25) is 9.69 Å². The minimum absolute atomic E-state index is 0.00484. The molecule has 2 aromatic rings. The van der Waals surface area contributed by atoms with E-state index in [-0.39, 0.29) is 12.0 Å². The molecule has 1 aliphatic rings. The first-order valence-electron chi connectivity index (χ1n) is 9.21. The minimum atomic E-state index is -0.00484. The van der Waals surface area contributed by atoms with E-state index in [9.17, 15) is 10.0 Å². The largest absolute Gasteiger partial charge is 0.491 e. The van der Waals surface area contributed by atoms with Crippen LogP contribution in [-0.2, 0) is 4.79 Å². The molecule has 1 aromatic carbocycles. The van der Waals surface area contributed by atoms with Crippen LogP contribution in [-0.4, -0.2) is 48.3 Å². The Morgan fingerprint density at radius 2 is 1.93 bits per heavy atom. The molecular weight excluding hydrogens is 342 g/mol. The smallest absolute Gasteiger partial charge is 0.316 e. The topological polar surface area (TPSA) is 56.9 Å². The van der Waals surface area contributed by atoms with Crippen LogP contribution in [0.4, 0.5) is 5.82 Å². The molecule has 1 aromatic heterocycles. The zero-order valence-electron chi connectivity index (χ0n) is 15.8. The second kappa shape index (κ2) is 8.58. The van der Waals surface area contributed by atoms with Gasteiger partial charge in [0.15, 0.2) is 0 Å². The van der Waals surface area contributed by atoms with Gasteiger partial charge in [0.1, 0.15) is 25.0 Å². The van der Waals surface area contributed by atoms with Crippen molar-refractivity contribution in [3.63, 3.8) is 0 Å². The SMILES string of the molecule is CC(C)Oc1cccc(/C=C/C(=O)N2CCN(c3cccc[n+]3O)CC2)c1. The van der Waals surface area contributed by atoms with Crippen molar-refractivity contribution in [2.24, 2.45) is 0 Å². The fourth-order valence-electron chi connectivity index (χ4n) is 3.07. The third-order valence-corrected chi connectivity index (χ3v) is 4.38. The van der Waals surface area contributed by atoms with E-state index < -0.39 is 0 Å². The molecule has 142 valence electrons. The maximum absolute atomic E-state index is 12.5. The molecule has 6 heteroatoms. The molecule has 1 aliphatic heterocycles. The molecule has 1 saturated heterocycles. The predicted octanol–water partition coefficient (Wildman–Crippen LogP) is 2.36. The quantitative estimate of drug-likeness (QED) is 0.500. The van der Waals surface area contributed by atoms with E-state index in [2.05, 4.69) is 4.90 Å². The second-order valence-corrected chi connectivity index (χ2v) is 6.79. The first-order chi connectivity index (χ1) is 13.0. The van der Waals surface area contributed by atoms with Crippen molar-refractivity contribution in [1.82, 2.24) is 4.90 Å². The number of rotatable bonds is 5.